The molecule has 1 saturated carbocycles. The van der Waals surface area contributed by atoms with Crippen molar-refractivity contribution in [3.8, 4) is 5.69 Å². The second kappa shape index (κ2) is 8.21. The molecule has 0 spiro atoms. The zero-order chi connectivity index (χ0) is 24.5. The van der Waals surface area contributed by atoms with E-state index in [0.29, 0.717) is 10.9 Å². The molecule has 2 atom stereocenters. The van der Waals surface area contributed by atoms with Gasteiger partial charge in [0.05, 0.1) is 5.69 Å². The molecule has 3 aromatic heterocycles. The average Bonchev–Trinajstić information content (AvgIpc) is 3.65. The van der Waals surface area contributed by atoms with Gasteiger partial charge in [0.1, 0.15) is 0 Å². The third kappa shape index (κ3) is 4.30. The number of aromatic nitrogens is 4. The van der Waals surface area contributed by atoms with Crippen LogP contribution >= 0.6 is 31.4 Å². The first-order valence-corrected chi connectivity index (χ1v) is 15.4. The molecule has 35 heavy (non-hydrogen) atoms. The number of nitrogens with zero attached hydrogens (tertiary/aromatic N) is 6. The van der Waals surface area contributed by atoms with Crippen LogP contribution in [0.15, 0.2) is 33.4 Å². The van der Waals surface area contributed by atoms with Crippen LogP contribution in [0.3, 0.4) is 0 Å². The van der Waals surface area contributed by atoms with Gasteiger partial charge in [0.2, 0.25) is 0 Å². The molecule has 3 aromatic rings. The maximum atomic E-state index is 14.4. The van der Waals surface area contributed by atoms with Crippen LogP contribution in [0.1, 0.15) is 46.9 Å². The Hall–Kier alpha value is -2.62. The van der Waals surface area contributed by atoms with Crippen LogP contribution in [-0.4, -0.2) is 56.9 Å². The number of nitrogens with one attached hydrogen (secondary N) is 1. The fourth-order valence-electron chi connectivity index (χ4n) is 3.82. The standard InChI is InChI=1S/C21H18F4IN7OS/c1-10(21(23,24)25)33-16-5-26(16)31-18(33)20-30-17(8-35-20)29-19(34)13-4-15(12(22)6-27-13)32-7-14(28-9-32)11-2-3-11/h4,6-11,16H,2-3,5H2,1H3,(H,29,34). The van der Waals surface area contributed by atoms with Crippen molar-refractivity contribution in [1.82, 2.24) is 24.4 Å². The van der Waals surface area contributed by atoms with E-state index in [1.54, 1.807) is 11.6 Å². The number of amidine groups is 1. The van der Waals surface area contributed by atoms with E-state index in [-0.39, 0.29) is 27.1 Å². The molecular formula is C21H18F4IN7OS. The van der Waals surface area contributed by atoms with Crippen molar-refractivity contribution in [3.05, 3.63) is 52.4 Å². The number of rotatable bonds is 6. The summed E-state index contributed by atoms with van der Waals surface area (Å²) < 4.78 is 61.3. The summed E-state index contributed by atoms with van der Waals surface area (Å²) in [6, 6.07) is -0.326. The Morgan fingerprint density at radius 3 is 2.86 bits per heavy atom. The van der Waals surface area contributed by atoms with Crippen LogP contribution < -0.4 is 5.32 Å². The van der Waals surface area contributed by atoms with E-state index in [4.69, 9.17) is 0 Å². The number of hydrogen-bond acceptors (Lipinski definition) is 7. The molecule has 2 aliphatic heterocycles. The Balaban J connectivity index is 1.20. The van der Waals surface area contributed by atoms with Gasteiger partial charge in [-0.15, -0.1) is 0 Å². The number of carbonyl (C=O) groups is 1. The van der Waals surface area contributed by atoms with Gasteiger partial charge in [0.15, 0.2) is 0 Å². The summed E-state index contributed by atoms with van der Waals surface area (Å²) in [5.41, 5.74) is 0.996. The van der Waals surface area contributed by atoms with Crippen molar-refractivity contribution in [3.63, 3.8) is 0 Å². The summed E-state index contributed by atoms with van der Waals surface area (Å²) in [5, 5.41) is 4.47. The number of amides is 1. The maximum absolute atomic E-state index is 14.4. The predicted octanol–water partition coefficient (Wildman–Crippen LogP) is 4.77. The summed E-state index contributed by atoms with van der Waals surface area (Å²) >= 11 is -0.628. The topological polar surface area (TPSA) is 88.3 Å². The Morgan fingerprint density at radius 1 is 1.31 bits per heavy atom. The van der Waals surface area contributed by atoms with E-state index in [1.165, 1.54) is 21.9 Å². The van der Waals surface area contributed by atoms with Gasteiger partial charge in [-0.1, -0.05) is 0 Å². The van der Waals surface area contributed by atoms with Crippen LogP contribution in [0.2, 0.25) is 0 Å². The molecule has 14 heteroatoms. The van der Waals surface area contributed by atoms with Crippen LogP contribution in [0.4, 0.5) is 23.4 Å². The summed E-state index contributed by atoms with van der Waals surface area (Å²) in [6.07, 6.45) is 1.96. The number of imidazole rings is 1. The van der Waals surface area contributed by atoms with Gasteiger partial charge in [-0.2, -0.15) is 0 Å². The zero-order valence-electron chi connectivity index (χ0n) is 18.1. The SMILES string of the molecule is CC(N1C(c2nc(NC(=O)c3cc(-n4cnc(C5CC5)c4)c(F)cn3)cs2)=NI2CC12)C(F)(F)F. The fraction of sp³-hybridized carbons (Fsp3) is 0.381. The van der Waals surface area contributed by atoms with Crippen molar-refractivity contribution in [2.75, 3.05) is 9.74 Å². The molecule has 0 radical (unpaired) electrons. The molecule has 0 bridgehead atoms. The molecule has 184 valence electrons. The quantitative estimate of drug-likeness (QED) is 0.186. The van der Waals surface area contributed by atoms with Crippen molar-refractivity contribution in [2.45, 2.75) is 41.9 Å². The van der Waals surface area contributed by atoms with E-state index >= 15 is 0 Å². The molecule has 1 aliphatic carbocycles. The normalized spacial score (nSPS) is 21.1. The molecule has 6 rings (SSSR count). The molecule has 0 aromatic carbocycles. The first-order valence-electron chi connectivity index (χ1n) is 10.7. The second-order valence-corrected chi connectivity index (χ2v) is 14.3. The summed E-state index contributed by atoms with van der Waals surface area (Å²) in [7, 11) is 0. The Labute approximate surface area is 208 Å². The number of hydrogen-bond donors (Lipinski definition) is 1. The van der Waals surface area contributed by atoms with E-state index < -0.39 is 44.0 Å². The van der Waals surface area contributed by atoms with Gasteiger partial charge >= 0.3 is 179 Å². The van der Waals surface area contributed by atoms with Crippen LogP contribution in [0.25, 0.3) is 5.69 Å². The number of fused-ring (bicyclic) bond motifs is 1. The predicted molar refractivity (Wildman–Crippen MR) is 130 cm³/mol. The average molecular weight is 619 g/mol. The monoisotopic (exact) mass is 619 g/mol. The summed E-state index contributed by atoms with van der Waals surface area (Å²) in [6.45, 7) is 1.13. The minimum atomic E-state index is -4.37. The number of thiazole rings is 1. The van der Waals surface area contributed by atoms with Gasteiger partial charge in [-0.05, 0) is 12.8 Å². The van der Waals surface area contributed by atoms with E-state index in [2.05, 4.69) is 23.5 Å². The molecule has 1 N–H and O–H groups in total. The molecule has 1 amide bonds. The Kier molecular flexibility index (Phi) is 5.36. The van der Waals surface area contributed by atoms with Crippen LogP contribution in [-0.2, 0) is 0 Å². The number of halogens is 5. The molecule has 2 unspecified atom stereocenters. The van der Waals surface area contributed by atoms with Gasteiger partial charge in [0.25, 0.3) is 0 Å². The number of anilines is 1. The van der Waals surface area contributed by atoms with Gasteiger partial charge < -0.3 is 0 Å². The van der Waals surface area contributed by atoms with Crippen LogP contribution in [0.5, 0.6) is 0 Å². The van der Waals surface area contributed by atoms with Gasteiger partial charge in [-0.3, -0.25) is 0 Å². The van der Waals surface area contributed by atoms with E-state index in [9.17, 15) is 22.4 Å². The Morgan fingerprint density at radius 2 is 2.11 bits per heavy atom. The Bertz CT molecular complexity index is 1350. The van der Waals surface area contributed by atoms with Crippen molar-refractivity contribution in [2.24, 2.45) is 3.21 Å². The van der Waals surface area contributed by atoms with Crippen LogP contribution in [0, 0.1) is 5.82 Å². The number of alkyl halides is 5. The number of carbonyl (C=O) groups excluding carboxylic acids is 1. The molecule has 2 fully saturated rings. The molecular weight excluding hydrogens is 601 g/mol. The second-order valence-electron chi connectivity index (χ2n) is 8.49. The van der Waals surface area contributed by atoms with E-state index in [0.717, 1.165) is 47.4 Å². The summed E-state index contributed by atoms with van der Waals surface area (Å²) in [4.78, 5) is 26.6. The van der Waals surface area contributed by atoms with E-state index in [1.807, 2.05) is 0 Å². The zero-order valence-corrected chi connectivity index (χ0v) is 21.1. The van der Waals surface area contributed by atoms with Gasteiger partial charge in [0, 0.05) is 5.92 Å². The van der Waals surface area contributed by atoms with Crippen molar-refractivity contribution < 1.29 is 22.4 Å². The van der Waals surface area contributed by atoms with Gasteiger partial charge in [-0.25, -0.2) is 4.98 Å². The first kappa shape index (κ1) is 22.8. The molecule has 1 saturated heterocycles. The fourth-order valence-corrected chi connectivity index (χ4v) is 9.72. The minimum absolute atomic E-state index is 0.0299. The van der Waals surface area contributed by atoms with Crippen molar-refractivity contribution >= 4 is 49.0 Å². The summed E-state index contributed by atoms with van der Waals surface area (Å²) in [5.74, 6) is -0.378. The molecule has 5 heterocycles. The molecule has 8 nitrogen and oxygen atoms in total. The number of pyridine rings is 1. The first-order chi connectivity index (χ1) is 16.7. The third-order valence-corrected chi connectivity index (χ3v) is 11.2. The van der Waals surface area contributed by atoms with Crippen molar-refractivity contribution in [1.29, 1.82) is 0 Å². The molecule has 3 aliphatic rings. The third-order valence-electron chi connectivity index (χ3n) is 5.98.